The van der Waals surface area contributed by atoms with Gasteiger partial charge < -0.3 is 10.1 Å². The first kappa shape index (κ1) is 15.2. The van der Waals surface area contributed by atoms with Crippen molar-refractivity contribution in [3.8, 4) is 0 Å². The van der Waals surface area contributed by atoms with E-state index in [1.54, 1.807) is 0 Å². The number of rotatable bonds is 8. The van der Waals surface area contributed by atoms with E-state index in [0.717, 1.165) is 30.6 Å². The van der Waals surface area contributed by atoms with E-state index >= 15 is 0 Å². The Morgan fingerprint density at radius 2 is 1.65 bits per heavy atom. The molecule has 2 aromatic carbocycles. The third kappa shape index (κ3) is 5.87. The van der Waals surface area contributed by atoms with Crippen molar-refractivity contribution in [3.05, 3.63) is 70.2 Å². The molecule has 0 aromatic heterocycles. The molecule has 0 bridgehead atoms. The van der Waals surface area contributed by atoms with Gasteiger partial charge in [0, 0.05) is 17.6 Å². The number of benzene rings is 2. The van der Waals surface area contributed by atoms with Gasteiger partial charge in [-0.05, 0) is 36.2 Å². The van der Waals surface area contributed by atoms with Crippen LogP contribution in [-0.2, 0) is 17.9 Å². The second-order valence-corrected chi connectivity index (χ2v) is 5.61. The Balaban J connectivity index is 1.51. The summed E-state index contributed by atoms with van der Waals surface area (Å²) in [5.74, 6) is 0. The third-order valence-electron chi connectivity index (χ3n) is 3.00. The van der Waals surface area contributed by atoms with E-state index < -0.39 is 0 Å². The predicted octanol–water partition coefficient (Wildman–Crippen LogP) is 4.15. The highest BCUT2D eigenvalue weighted by atomic mass is 79.9. The molecule has 0 fully saturated rings. The Labute approximate surface area is 129 Å². The molecule has 0 heterocycles. The lowest BCUT2D eigenvalue weighted by molar-refractivity contribution is 0.118. The quantitative estimate of drug-likeness (QED) is 0.733. The molecule has 2 aromatic rings. The number of hydrogen-bond donors (Lipinski definition) is 1. The van der Waals surface area contributed by atoms with Crippen LogP contribution in [0.15, 0.2) is 59.1 Å². The summed E-state index contributed by atoms with van der Waals surface area (Å²) in [7, 11) is 0. The Morgan fingerprint density at radius 3 is 2.40 bits per heavy atom. The summed E-state index contributed by atoms with van der Waals surface area (Å²) in [5, 5.41) is 3.42. The molecule has 0 aliphatic heterocycles. The molecule has 0 atom stereocenters. The summed E-state index contributed by atoms with van der Waals surface area (Å²) in [5.41, 5.74) is 2.54. The van der Waals surface area contributed by atoms with Crippen LogP contribution in [0.1, 0.15) is 17.5 Å². The van der Waals surface area contributed by atoms with Crippen molar-refractivity contribution in [1.82, 2.24) is 5.32 Å². The average molecular weight is 334 g/mol. The van der Waals surface area contributed by atoms with Crippen LogP contribution in [0, 0.1) is 0 Å². The molecule has 0 spiro atoms. The van der Waals surface area contributed by atoms with E-state index in [1.165, 1.54) is 11.1 Å². The van der Waals surface area contributed by atoms with Gasteiger partial charge in [0.25, 0.3) is 0 Å². The summed E-state index contributed by atoms with van der Waals surface area (Å²) in [6, 6.07) is 18.7. The van der Waals surface area contributed by atoms with Crippen LogP contribution >= 0.6 is 15.9 Å². The predicted molar refractivity (Wildman–Crippen MR) is 86.6 cm³/mol. The van der Waals surface area contributed by atoms with Gasteiger partial charge in [-0.25, -0.2) is 0 Å². The molecule has 2 nitrogen and oxygen atoms in total. The molecule has 0 saturated heterocycles. The van der Waals surface area contributed by atoms with Gasteiger partial charge >= 0.3 is 0 Å². The molecule has 0 aliphatic rings. The lowest BCUT2D eigenvalue weighted by atomic mass is 10.2. The van der Waals surface area contributed by atoms with Crippen molar-refractivity contribution >= 4 is 15.9 Å². The lowest BCUT2D eigenvalue weighted by Gasteiger charge is -2.06. The van der Waals surface area contributed by atoms with Crippen LogP contribution in [0.4, 0.5) is 0 Å². The van der Waals surface area contributed by atoms with E-state index in [0.29, 0.717) is 6.61 Å². The maximum atomic E-state index is 5.66. The van der Waals surface area contributed by atoms with E-state index in [-0.39, 0.29) is 0 Å². The molecule has 20 heavy (non-hydrogen) atoms. The third-order valence-corrected chi connectivity index (χ3v) is 3.52. The van der Waals surface area contributed by atoms with Crippen LogP contribution in [0.25, 0.3) is 0 Å². The number of halogens is 1. The normalized spacial score (nSPS) is 10.7. The van der Waals surface area contributed by atoms with Crippen molar-refractivity contribution in [2.24, 2.45) is 0 Å². The molecule has 0 saturated carbocycles. The van der Waals surface area contributed by atoms with Crippen LogP contribution in [0.2, 0.25) is 0 Å². The Bertz CT molecular complexity index is 484. The molecular formula is C17H20BrNO. The second-order valence-electron chi connectivity index (χ2n) is 4.69. The minimum Gasteiger partial charge on any atom is -0.377 e. The van der Waals surface area contributed by atoms with Crippen LogP contribution in [0.5, 0.6) is 0 Å². The van der Waals surface area contributed by atoms with E-state index in [4.69, 9.17) is 4.74 Å². The maximum absolute atomic E-state index is 5.66. The second kappa shape index (κ2) is 8.90. The smallest absolute Gasteiger partial charge is 0.0716 e. The van der Waals surface area contributed by atoms with Crippen molar-refractivity contribution < 1.29 is 4.74 Å². The van der Waals surface area contributed by atoms with Crippen molar-refractivity contribution in [2.75, 3.05) is 13.2 Å². The molecule has 0 radical (unpaired) electrons. The van der Waals surface area contributed by atoms with E-state index in [2.05, 4.69) is 57.6 Å². The van der Waals surface area contributed by atoms with Gasteiger partial charge in [-0.3, -0.25) is 0 Å². The van der Waals surface area contributed by atoms with Gasteiger partial charge in [0.2, 0.25) is 0 Å². The number of nitrogens with one attached hydrogen (secondary N) is 1. The first-order valence-corrected chi connectivity index (χ1v) is 7.71. The lowest BCUT2D eigenvalue weighted by Crippen LogP contribution is -2.16. The SMILES string of the molecule is Brc1ccc(COCCCNCc2ccccc2)cc1. The van der Waals surface area contributed by atoms with Crippen molar-refractivity contribution in [2.45, 2.75) is 19.6 Å². The van der Waals surface area contributed by atoms with E-state index in [1.807, 2.05) is 18.2 Å². The fourth-order valence-electron chi connectivity index (χ4n) is 1.90. The molecule has 1 N–H and O–H groups in total. The highest BCUT2D eigenvalue weighted by molar-refractivity contribution is 9.10. The molecule has 0 unspecified atom stereocenters. The molecular weight excluding hydrogens is 314 g/mol. The Hall–Kier alpha value is -1.16. The first-order valence-electron chi connectivity index (χ1n) is 6.91. The summed E-state index contributed by atoms with van der Waals surface area (Å²) in [4.78, 5) is 0. The monoisotopic (exact) mass is 333 g/mol. The number of ether oxygens (including phenoxy) is 1. The van der Waals surface area contributed by atoms with Crippen molar-refractivity contribution in [3.63, 3.8) is 0 Å². The number of hydrogen-bond acceptors (Lipinski definition) is 2. The Kier molecular flexibility index (Phi) is 6.78. The highest BCUT2D eigenvalue weighted by Gasteiger charge is 1.94. The van der Waals surface area contributed by atoms with Gasteiger partial charge in [0.05, 0.1) is 6.61 Å². The molecule has 3 heteroatoms. The van der Waals surface area contributed by atoms with Gasteiger partial charge in [-0.1, -0.05) is 58.4 Å². The summed E-state index contributed by atoms with van der Waals surface area (Å²) in [6.07, 6.45) is 1.03. The summed E-state index contributed by atoms with van der Waals surface area (Å²) >= 11 is 3.43. The summed E-state index contributed by atoms with van der Waals surface area (Å²) in [6.45, 7) is 3.38. The highest BCUT2D eigenvalue weighted by Crippen LogP contribution is 2.11. The van der Waals surface area contributed by atoms with Gasteiger partial charge in [-0.2, -0.15) is 0 Å². The first-order chi connectivity index (χ1) is 9.84. The fraction of sp³-hybridized carbons (Fsp3) is 0.294. The maximum Gasteiger partial charge on any atom is 0.0716 e. The zero-order chi connectivity index (χ0) is 14.0. The van der Waals surface area contributed by atoms with Crippen LogP contribution in [-0.4, -0.2) is 13.2 Å². The Morgan fingerprint density at radius 1 is 0.900 bits per heavy atom. The van der Waals surface area contributed by atoms with Gasteiger partial charge in [0.15, 0.2) is 0 Å². The molecule has 0 aliphatic carbocycles. The fourth-order valence-corrected chi connectivity index (χ4v) is 2.16. The van der Waals surface area contributed by atoms with Gasteiger partial charge in [-0.15, -0.1) is 0 Å². The zero-order valence-electron chi connectivity index (χ0n) is 11.5. The van der Waals surface area contributed by atoms with E-state index in [9.17, 15) is 0 Å². The van der Waals surface area contributed by atoms with Crippen LogP contribution < -0.4 is 5.32 Å². The molecule has 2 rings (SSSR count). The molecule has 0 amide bonds. The van der Waals surface area contributed by atoms with Crippen molar-refractivity contribution in [1.29, 1.82) is 0 Å². The molecule has 106 valence electrons. The topological polar surface area (TPSA) is 21.3 Å². The average Bonchev–Trinajstić information content (AvgIpc) is 2.49. The van der Waals surface area contributed by atoms with Crippen LogP contribution in [0.3, 0.4) is 0 Å². The minimum atomic E-state index is 0.686. The minimum absolute atomic E-state index is 0.686. The zero-order valence-corrected chi connectivity index (χ0v) is 13.1. The summed E-state index contributed by atoms with van der Waals surface area (Å²) < 4.78 is 6.76. The standard InChI is InChI=1S/C17H20BrNO/c18-17-9-7-16(8-10-17)14-20-12-4-11-19-13-15-5-2-1-3-6-15/h1-3,5-10,19H,4,11-14H2. The largest absolute Gasteiger partial charge is 0.377 e. The van der Waals surface area contributed by atoms with Gasteiger partial charge in [0.1, 0.15) is 0 Å².